The fourth-order valence-corrected chi connectivity index (χ4v) is 0. The van der Waals surface area contributed by atoms with Crippen LogP contribution in [0.15, 0.2) is 0 Å². The molecule has 0 heterocycles. The molecule has 0 saturated carbocycles. The molecule has 0 unspecified atom stereocenters. The van der Waals surface area contributed by atoms with E-state index in [1.54, 1.807) is 0 Å². The average Bonchev–Trinajstić information content (AvgIpc) is 0.811. The predicted octanol–water partition coefficient (Wildman–Crippen LogP) is 1.76. The van der Waals surface area contributed by atoms with E-state index < -0.39 is 6.68 Å². The molecule has 0 radical (unpaired) electrons. The Labute approximate surface area is 52.3 Å². The Hall–Kier alpha value is 0.703. The van der Waals surface area contributed by atoms with Crippen LogP contribution in [0.1, 0.15) is 0 Å². The molecular formula is CHClF3Zn-. The van der Waals surface area contributed by atoms with Gasteiger partial charge in [-0.05, 0) is 0 Å². The van der Waals surface area contributed by atoms with Gasteiger partial charge < -0.3 is 13.2 Å². The van der Waals surface area contributed by atoms with Crippen molar-refractivity contribution in [2.24, 2.45) is 0 Å². The van der Waals surface area contributed by atoms with Crippen molar-refractivity contribution >= 4 is 12.4 Å². The van der Waals surface area contributed by atoms with E-state index in [2.05, 4.69) is 0 Å². The van der Waals surface area contributed by atoms with Crippen molar-refractivity contribution in [1.29, 1.82) is 0 Å². The normalized spacial score (nSPS) is 6.00. The third kappa shape index (κ3) is 130. The summed E-state index contributed by atoms with van der Waals surface area (Å²) in [7, 11) is 0. The zero-order valence-electron chi connectivity index (χ0n) is 2.75. The molecule has 0 aliphatic heterocycles. The number of hydrogen-bond acceptors (Lipinski definition) is 0. The van der Waals surface area contributed by atoms with Gasteiger partial charge in [-0.1, -0.05) is 0 Å². The second-order valence-corrected chi connectivity index (χ2v) is 0.214. The zero-order chi connectivity index (χ0) is 3.58. The van der Waals surface area contributed by atoms with Gasteiger partial charge in [0.2, 0.25) is 0 Å². The van der Waals surface area contributed by atoms with Crippen LogP contribution >= 0.6 is 12.4 Å². The summed E-state index contributed by atoms with van der Waals surface area (Å²) in [6.07, 6.45) is 0. The summed E-state index contributed by atoms with van der Waals surface area (Å²) >= 11 is 0. The van der Waals surface area contributed by atoms with E-state index in [-0.39, 0.29) is 31.9 Å². The van der Waals surface area contributed by atoms with Gasteiger partial charge in [-0.2, -0.15) is 0 Å². The molecule has 0 N–H and O–H groups in total. The molecule has 36 valence electrons. The van der Waals surface area contributed by atoms with Crippen molar-refractivity contribution in [3.05, 3.63) is 6.68 Å². The van der Waals surface area contributed by atoms with Crippen LogP contribution in [0.3, 0.4) is 0 Å². The van der Waals surface area contributed by atoms with Crippen LogP contribution in [-0.2, 0) is 19.5 Å². The third-order valence-corrected chi connectivity index (χ3v) is 0. The molecular weight excluding hydrogens is 170 g/mol. The van der Waals surface area contributed by atoms with Gasteiger partial charge in [0.15, 0.2) is 6.68 Å². The minimum absolute atomic E-state index is 0. The van der Waals surface area contributed by atoms with E-state index >= 15 is 0 Å². The molecule has 0 spiro atoms. The van der Waals surface area contributed by atoms with Crippen molar-refractivity contribution in [2.45, 2.75) is 0 Å². The van der Waals surface area contributed by atoms with Crippen molar-refractivity contribution in [2.75, 3.05) is 0 Å². The van der Waals surface area contributed by atoms with Crippen LogP contribution in [-0.4, -0.2) is 0 Å². The van der Waals surface area contributed by atoms with Crippen LogP contribution in [0, 0.1) is 6.68 Å². The van der Waals surface area contributed by atoms with Gasteiger partial charge in [-0.3, -0.25) is 0 Å². The van der Waals surface area contributed by atoms with Crippen LogP contribution in [0.2, 0.25) is 0 Å². The first-order valence-corrected chi connectivity index (χ1v) is 0.567. The molecule has 0 saturated heterocycles. The molecule has 0 atom stereocenters. The second kappa shape index (κ2) is 9.20. The van der Waals surface area contributed by atoms with Crippen LogP contribution in [0.4, 0.5) is 13.2 Å². The third-order valence-electron chi connectivity index (χ3n) is 0. The molecule has 0 aromatic heterocycles. The summed E-state index contributed by atoms with van der Waals surface area (Å²) in [5, 5.41) is 0. The first-order chi connectivity index (χ1) is 1.73. The van der Waals surface area contributed by atoms with Gasteiger partial charge >= 0.3 is 0 Å². The Morgan fingerprint density at radius 2 is 1.00 bits per heavy atom. The first kappa shape index (κ1) is 15.9. The Morgan fingerprint density at radius 1 is 1.00 bits per heavy atom. The fourth-order valence-electron chi connectivity index (χ4n) is 0. The fraction of sp³-hybridized carbons (Fsp3) is 0. The molecule has 0 amide bonds. The molecule has 6 heavy (non-hydrogen) atoms. The van der Waals surface area contributed by atoms with E-state index in [4.69, 9.17) is 0 Å². The molecule has 0 aromatic rings. The van der Waals surface area contributed by atoms with Crippen LogP contribution in [0.5, 0.6) is 0 Å². The molecule has 0 aliphatic carbocycles. The molecule has 0 aliphatic rings. The topological polar surface area (TPSA) is 0 Å². The molecule has 0 bridgehead atoms. The predicted molar refractivity (Wildman–Crippen MR) is 13.8 cm³/mol. The smallest absolute Gasteiger partial charge is 0.154 e. The van der Waals surface area contributed by atoms with E-state index in [9.17, 15) is 13.2 Å². The maximum Gasteiger partial charge on any atom is 0.154 e. The monoisotopic (exact) mass is 169 g/mol. The first-order valence-electron chi connectivity index (χ1n) is 0.567. The Morgan fingerprint density at radius 3 is 1.00 bits per heavy atom. The van der Waals surface area contributed by atoms with E-state index in [1.165, 1.54) is 0 Å². The minimum atomic E-state index is -3.08. The Balaban J connectivity index is -0.0000000450. The van der Waals surface area contributed by atoms with E-state index in [0.29, 0.717) is 0 Å². The quantitative estimate of drug-likeness (QED) is 0.384. The standard InChI is InChI=1S/CF3.ClH.Zn/c2-1(3)4;;/h;1H;/q-1;;. The van der Waals surface area contributed by atoms with Gasteiger partial charge in [-0.25, -0.2) is 0 Å². The van der Waals surface area contributed by atoms with Gasteiger partial charge in [0, 0.05) is 19.5 Å². The van der Waals surface area contributed by atoms with Crippen LogP contribution in [0.25, 0.3) is 0 Å². The van der Waals surface area contributed by atoms with Gasteiger partial charge in [0.1, 0.15) is 0 Å². The number of rotatable bonds is 0. The summed E-state index contributed by atoms with van der Waals surface area (Å²) in [5.74, 6) is 0. The second-order valence-electron chi connectivity index (χ2n) is 0.214. The Bertz CT molecular complexity index is 15.5. The van der Waals surface area contributed by atoms with Crippen molar-refractivity contribution in [3.8, 4) is 0 Å². The largest absolute Gasteiger partial charge is 0.385 e. The maximum atomic E-state index is 9.58. The summed E-state index contributed by atoms with van der Waals surface area (Å²) in [5.41, 5.74) is 0. The van der Waals surface area contributed by atoms with Crippen LogP contribution < -0.4 is 0 Å². The zero-order valence-corrected chi connectivity index (χ0v) is 6.53. The van der Waals surface area contributed by atoms with E-state index in [0.717, 1.165) is 0 Å². The average molecular weight is 171 g/mol. The van der Waals surface area contributed by atoms with Crippen molar-refractivity contribution in [1.82, 2.24) is 0 Å². The number of halogens is 4. The van der Waals surface area contributed by atoms with Crippen molar-refractivity contribution in [3.63, 3.8) is 0 Å². The molecule has 0 nitrogen and oxygen atoms in total. The van der Waals surface area contributed by atoms with Gasteiger partial charge in [0.05, 0.1) is 0 Å². The Kier molecular flexibility index (Phi) is 24.4. The van der Waals surface area contributed by atoms with E-state index in [1.807, 2.05) is 0 Å². The molecule has 0 rings (SSSR count). The number of hydrogen-bond donors (Lipinski definition) is 0. The SMILES string of the molecule is Cl.F[C-](F)F.[Zn]. The summed E-state index contributed by atoms with van der Waals surface area (Å²) in [6, 6.07) is 0. The summed E-state index contributed by atoms with van der Waals surface area (Å²) in [6.45, 7) is -3.08. The maximum absolute atomic E-state index is 9.58. The van der Waals surface area contributed by atoms with Gasteiger partial charge in [0.25, 0.3) is 0 Å². The summed E-state index contributed by atoms with van der Waals surface area (Å²) in [4.78, 5) is 0. The van der Waals surface area contributed by atoms with Crippen molar-refractivity contribution < 1.29 is 32.6 Å². The molecule has 5 heteroatoms. The molecule has 0 fully saturated rings. The summed E-state index contributed by atoms with van der Waals surface area (Å²) < 4.78 is 28.8. The van der Waals surface area contributed by atoms with Gasteiger partial charge in [-0.15, -0.1) is 12.4 Å². The molecule has 0 aromatic carbocycles. The minimum Gasteiger partial charge on any atom is -0.385 e.